The molecule has 2 saturated heterocycles. The molecule has 7 nitrogen and oxygen atoms in total. The Balaban J connectivity index is 1.77. The maximum atomic E-state index is 9.54. The van der Waals surface area contributed by atoms with Crippen molar-refractivity contribution < 1.29 is 19.3 Å². The molecule has 1 N–H and O–H groups in total. The van der Waals surface area contributed by atoms with Crippen LogP contribution in [-0.2, 0) is 14.2 Å². The van der Waals surface area contributed by atoms with Crippen LogP contribution in [0.3, 0.4) is 0 Å². The molecular weight excluding hydrogens is 310 g/mol. The Hall–Kier alpha value is -1.25. The highest BCUT2D eigenvalue weighted by Crippen LogP contribution is 2.43. The minimum Gasteiger partial charge on any atom is -0.394 e. The molecule has 4 atom stereocenters. The molecule has 22 heavy (non-hydrogen) atoms. The summed E-state index contributed by atoms with van der Waals surface area (Å²) in [5.74, 6) is -0.708. The summed E-state index contributed by atoms with van der Waals surface area (Å²) in [6.45, 7) is 3.57. The van der Waals surface area contributed by atoms with Crippen LogP contribution >= 0.6 is 11.6 Å². The topological polar surface area (TPSA) is 78.6 Å². The van der Waals surface area contributed by atoms with E-state index < -0.39 is 18.1 Å². The molecule has 118 valence electrons. The van der Waals surface area contributed by atoms with Gasteiger partial charge in [-0.15, -0.1) is 0 Å². The molecule has 8 heteroatoms. The number of nitrogens with zero attached hydrogens (tertiary/aromatic N) is 3. The highest BCUT2D eigenvalue weighted by atomic mass is 35.5. The zero-order chi connectivity index (χ0) is 15.5. The number of rotatable bonds is 2. The first kappa shape index (κ1) is 14.3. The third-order valence-corrected chi connectivity index (χ3v) is 4.34. The Morgan fingerprint density at radius 2 is 2.09 bits per heavy atom. The second kappa shape index (κ2) is 4.87. The highest BCUT2D eigenvalue weighted by Gasteiger charge is 2.55. The summed E-state index contributed by atoms with van der Waals surface area (Å²) in [6, 6.07) is 1.84. The van der Waals surface area contributed by atoms with Gasteiger partial charge in [0.25, 0.3) is 0 Å². The third kappa shape index (κ3) is 2.04. The van der Waals surface area contributed by atoms with Gasteiger partial charge in [-0.2, -0.15) is 0 Å². The number of aromatic nitrogens is 3. The van der Waals surface area contributed by atoms with E-state index in [2.05, 4.69) is 9.97 Å². The van der Waals surface area contributed by atoms with E-state index in [9.17, 15) is 5.11 Å². The molecule has 0 spiro atoms. The van der Waals surface area contributed by atoms with E-state index in [1.165, 1.54) is 6.33 Å². The molecule has 0 aliphatic carbocycles. The Morgan fingerprint density at radius 1 is 1.32 bits per heavy atom. The maximum absolute atomic E-state index is 9.54. The van der Waals surface area contributed by atoms with Gasteiger partial charge in [-0.05, 0) is 19.9 Å². The van der Waals surface area contributed by atoms with Crippen LogP contribution in [0.15, 0.2) is 18.6 Å². The summed E-state index contributed by atoms with van der Waals surface area (Å²) in [6.07, 6.45) is 1.73. The molecule has 2 aliphatic heterocycles. The molecule has 4 rings (SSSR count). The van der Waals surface area contributed by atoms with Crippen LogP contribution < -0.4 is 0 Å². The molecule has 2 aromatic heterocycles. The predicted octanol–water partition coefficient (Wildman–Crippen LogP) is 1.49. The van der Waals surface area contributed by atoms with Crippen LogP contribution in [0.5, 0.6) is 0 Å². The van der Waals surface area contributed by atoms with Crippen molar-refractivity contribution in [3.05, 3.63) is 23.7 Å². The SMILES string of the molecule is CC1(C)O[C@@H]2[C@H](O1)[C@H](n1ccc3c(Cl)ncnc31)O[C@@H]2CO. The number of hydrogen-bond donors (Lipinski definition) is 1. The lowest BCUT2D eigenvalue weighted by Crippen LogP contribution is -2.31. The molecular formula is C14H16ClN3O4. The first-order chi connectivity index (χ1) is 10.5. The van der Waals surface area contributed by atoms with Crippen molar-refractivity contribution in [3.63, 3.8) is 0 Å². The molecule has 0 aromatic carbocycles. The van der Waals surface area contributed by atoms with Gasteiger partial charge in [-0.3, -0.25) is 0 Å². The lowest BCUT2D eigenvalue weighted by Gasteiger charge is -2.24. The van der Waals surface area contributed by atoms with Gasteiger partial charge in [-0.1, -0.05) is 11.6 Å². The van der Waals surface area contributed by atoms with Gasteiger partial charge in [0, 0.05) is 6.20 Å². The first-order valence-electron chi connectivity index (χ1n) is 7.09. The van der Waals surface area contributed by atoms with Gasteiger partial charge in [0.2, 0.25) is 0 Å². The first-order valence-corrected chi connectivity index (χ1v) is 7.47. The smallest absolute Gasteiger partial charge is 0.164 e. The number of fused-ring (bicyclic) bond motifs is 2. The van der Waals surface area contributed by atoms with Crippen molar-refractivity contribution >= 4 is 22.6 Å². The lowest BCUT2D eigenvalue weighted by molar-refractivity contribution is -0.199. The number of halogens is 1. The van der Waals surface area contributed by atoms with Crippen LogP contribution in [0, 0.1) is 0 Å². The molecule has 2 fully saturated rings. The van der Waals surface area contributed by atoms with E-state index in [1.54, 1.807) is 0 Å². The number of hydrogen-bond acceptors (Lipinski definition) is 6. The second-order valence-corrected chi connectivity index (χ2v) is 6.30. The highest BCUT2D eigenvalue weighted by molar-refractivity contribution is 6.33. The Kier molecular flexibility index (Phi) is 3.18. The Morgan fingerprint density at radius 3 is 2.86 bits per heavy atom. The molecule has 0 saturated carbocycles. The minimum atomic E-state index is -0.708. The third-order valence-electron chi connectivity index (χ3n) is 4.04. The Bertz CT molecular complexity index is 719. The van der Waals surface area contributed by atoms with Crippen LogP contribution in [-0.4, -0.2) is 50.3 Å². The standard InChI is InChI=1S/C14H16ClN3O4/c1-14(2)21-9-8(5-19)20-13(10(9)22-14)18-4-3-7-11(15)16-6-17-12(7)18/h3-4,6,8-10,13,19H,5H2,1-2H3/t8-,9+,10+,13-/m1/s1. The fourth-order valence-corrected chi connectivity index (χ4v) is 3.37. The van der Waals surface area contributed by atoms with Crippen molar-refractivity contribution in [1.82, 2.24) is 14.5 Å². The van der Waals surface area contributed by atoms with Crippen LogP contribution in [0.1, 0.15) is 20.1 Å². The average molecular weight is 326 g/mol. The lowest BCUT2D eigenvalue weighted by atomic mass is 10.1. The average Bonchev–Trinajstić information content (AvgIpc) is 3.10. The summed E-state index contributed by atoms with van der Waals surface area (Å²) in [5, 5.41) is 10.7. The second-order valence-electron chi connectivity index (χ2n) is 5.94. The van der Waals surface area contributed by atoms with E-state index in [0.717, 1.165) is 5.39 Å². The van der Waals surface area contributed by atoms with Crippen molar-refractivity contribution in [2.75, 3.05) is 6.61 Å². The molecule has 0 unspecified atom stereocenters. The van der Waals surface area contributed by atoms with E-state index in [1.807, 2.05) is 30.7 Å². The molecule has 2 aromatic rings. The molecule has 0 radical (unpaired) electrons. The van der Waals surface area contributed by atoms with E-state index in [-0.39, 0.29) is 18.8 Å². The molecule has 0 amide bonds. The summed E-state index contributed by atoms with van der Waals surface area (Å²) in [4.78, 5) is 8.25. The van der Waals surface area contributed by atoms with Crippen molar-refractivity contribution in [1.29, 1.82) is 0 Å². The van der Waals surface area contributed by atoms with Gasteiger partial charge in [0.1, 0.15) is 35.4 Å². The van der Waals surface area contributed by atoms with Crippen molar-refractivity contribution in [2.24, 2.45) is 0 Å². The number of aliphatic hydroxyl groups excluding tert-OH is 1. The zero-order valence-corrected chi connectivity index (χ0v) is 12.9. The van der Waals surface area contributed by atoms with Gasteiger partial charge >= 0.3 is 0 Å². The fraction of sp³-hybridized carbons (Fsp3) is 0.571. The molecule has 2 aliphatic rings. The van der Waals surface area contributed by atoms with Crippen LogP contribution in [0.25, 0.3) is 11.0 Å². The van der Waals surface area contributed by atoms with Gasteiger partial charge in [0.15, 0.2) is 12.0 Å². The summed E-state index contributed by atoms with van der Waals surface area (Å²) >= 11 is 6.09. The zero-order valence-electron chi connectivity index (χ0n) is 12.1. The quantitative estimate of drug-likeness (QED) is 0.843. The van der Waals surface area contributed by atoms with Crippen molar-refractivity contribution in [2.45, 2.75) is 44.2 Å². The van der Waals surface area contributed by atoms with E-state index in [0.29, 0.717) is 10.8 Å². The van der Waals surface area contributed by atoms with Crippen LogP contribution in [0.4, 0.5) is 0 Å². The van der Waals surface area contributed by atoms with Crippen LogP contribution in [0.2, 0.25) is 5.15 Å². The Labute approximate surface area is 131 Å². The molecule has 0 bridgehead atoms. The monoisotopic (exact) mass is 325 g/mol. The number of ether oxygens (including phenoxy) is 3. The summed E-state index contributed by atoms with van der Waals surface area (Å²) in [7, 11) is 0. The number of aliphatic hydroxyl groups is 1. The maximum Gasteiger partial charge on any atom is 0.164 e. The fourth-order valence-electron chi connectivity index (χ4n) is 3.18. The summed E-state index contributed by atoms with van der Waals surface area (Å²) in [5.41, 5.74) is 0.663. The van der Waals surface area contributed by atoms with Gasteiger partial charge < -0.3 is 23.9 Å². The van der Waals surface area contributed by atoms with Gasteiger partial charge in [-0.25, -0.2) is 9.97 Å². The predicted molar refractivity (Wildman–Crippen MR) is 77.4 cm³/mol. The molecule has 4 heterocycles. The normalized spacial score (nSPS) is 33.5. The minimum absolute atomic E-state index is 0.133. The summed E-state index contributed by atoms with van der Waals surface area (Å²) < 4.78 is 19.6. The van der Waals surface area contributed by atoms with E-state index >= 15 is 0 Å². The largest absolute Gasteiger partial charge is 0.394 e. The van der Waals surface area contributed by atoms with Gasteiger partial charge in [0.05, 0.1) is 12.0 Å². The van der Waals surface area contributed by atoms with Crippen molar-refractivity contribution in [3.8, 4) is 0 Å². The van der Waals surface area contributed by atoms with E-state index in [4.69, 9.17) is 25.8 Å².